The van der Waals surface area contributed by atoms with E-state index in [9.17, 15) is 5.11 Å². The number of hydrogen-bond acceptors (Lipinski definition) is 4. The normalized spacial score (nSPS) is 13.9. The van der Waals surface area contributed by atoms with E-state index in [4.69, 9.17) is 5.73 Å². The minimum Gasteiger partial charge on any atom is -0.394 e. The summed E-state index contributed by atoms with van der Waals surface area (Å²) in [5.74, 6) is 0.773. The Morgan fingerprint density at radius 2 is 2.00 bits per heavy atom. The van der Waals surface area contributed by atoms with E-state index in [1.165, 1.54) is 0 Å². The molecule has 0 bridgehead atoms. The molecule has 1 atom stereocenters. The summed E-state index contributed by atoms with van der Waals surface area (Å²) < 4.78 is 1.88. The van der Waals surface area contributed by atoms with Crippen molar-refractivity contribution in [3.05, 3.63) is 41.6 Å². The van der Waals surface area contributed by atoms with E-state index in [2.05, 4.69) is 17.3 Å². The van der Waals surface area contributed by atoms with Crippen molar-refractivity contribution < 1.29 is 5.11 Å². The predicted molar refractivity (Wildman–Crippen MR) is 86.2 cm³/mol. The van der Waals surface area contributed by atoms with Gasteiger partial charge in [-0.25, -0.2) is 4.68 Å². The van der Waals surface area contributed by atoms with Crippen LogP contribution in [0, 0.1) is 6.92 Å². The number of aryl methyl sites for hydroxylation is 2. The number of rotatable bonds is 6. The first-order chi connectivity index (χ1) is 10.0. The van der Waals surface area contributed by atoms with Gasteiger partial charge >= 0.3 is 0 Å². The first-order valence-corrected chi connectivity index (χ1v) is 7.29. The summed E-state index contributed by atoms with van der Waals surface area (Å²) in [4.78, 5) is 0. The topological polar surface area (TPSA) is 76.1 Å². The number of aliphatic hydroxyl groups excluding tert-OH is 1. The molecule has 0 saturated carbocycles. The standard InChI is InChI=1S/C16H24N4O/c1-4-10-20-15(14(17)12(2)19-20)18-16(3,11-21)13-8-6-5-7-9-13/h5-9,18,21H,4,10-11,17H2,1-3H3. The quantitative estimate of drug-likeness (QED) is 0.763. The molecule has 0 amide bonds. The highest BCUT2D eigenvalue weighted by atomic mass is 16.3. The predicted octanol–water partition coefficient (Wildman–Crippen LogP) is 2.50. The Kier molecular flexibility index (Phi) is 4.53. The maximum absolute atomic E-state index is 9.89. The number of hydrogen-bond donors (Lipinski definition) is 3. The molecule has 1 unspecified atom stereocenters. The number of aliphatic hydroxyl groups is 1. The van der Waals surface area contributed by atoms with Crippen LogP contribution in [0.25, 0.3) is 0 Å². The number of nitrogens with zero attached hydrogens (tertiary/aromatic N) is 2. The number of anilines is 2. The van der Waals surface area contributed by atoms with Crippen LogP contribution in [0.15, 0.2) is 30.3 Å². The van der Waals surface area contributed by atoms with E-state index in [0.717, 1.165) is 30.0 Å². The third-order valence-electron chi connectivity index (χ3n) is 3.73. The number of benzene rings is 1. The third-order valence-corrected chi connectivity index (χ3v) is 3.73. The molecule has 114 valence electrons. The molecule has 1 aromatic carbocycles. The summed E-state index contributed by atoms with van der Waals surface area (Å²) in [6, 6.07) is 9.87. The lowest BCUT2D eigenvalue weighted by Gasteiger charge is -2.31. The summed E-state index contributed by atoms with van der Waals surface area (Å²) in [6.07, 6.45) is 0.969. The Morgan fingerprint density at radius 1 is 1.33 bits per heavy atom. The molecule has 0 spiro atoms. The lowest BCUT2D eigenvalue weighted by molar-refractivity contribution is 0.223. The van der Waals surface area contributed by atoms with Crippen LogP contribution in [0.4, 0.5) is 11.5 Å². The Hall–Kier alpha value is -2.01. The number of nitrogens with two attached hydrogens (primary N) is 1. The van der Waals surface area contributed by atoms with Crippen LogP contribution in [-0.2, 0) is 12.1 Å². The first-order valence-electron chi connectivity index (χ1n) is 7.29. The van der Waals surface area contributed by atoms with Gasteiger partial charge in [-0.3, -0.25) is 0 Å². The Morgan fingerprint density at radius 3 is 2.57 bits per heavy atom. The highest BCUT2D eigenvalue weighted by molar-refractivity contribution is 5.66. The van der Waals surface area contributed by atoms with Crippen LogP contribution in [0.3, 0.4) is 0 Å². The zero-order chi connectivity index (χ0) is 15.5. The molecule has 21 heavy (non-hydrogen) atoms. The van der Waals surface area contributed by atoms with E-state index in [0.29, 0.717) is 5.69 Å². The average Bonchev–Trinajstić information content (AvgIpc) is 2.76. The van der Waals surface area contributed by atoms with Gasteiger partial charge in [0.25, 0.3) is 0 Å². The Labute approximate surface area is 125 Å². The molecule has 0 saturated heterocycles. The molecule has 2 rings (SSSR count). The van der Waals surface area contributed by atoms with Gasteiger partial charge in [-0.1, -0.05) is 37.3 Å². The van der Waals surface area contributed by atoms with Crippen LogP contribution in [0.5, 0.6) is 0 Å². The fourth-order valence-corrected chi connectivity index (χ4v) is 2.37. The van der Waals surface area contributed by atoms with Gasteiger partial charge in [-0.15, -0.1) is 0 Å². The van der Waals surface area contributed by atoms with Crippen molar-refractivity contribution in [2.75, 3.05) is 17.7 Å². The van der Waals surface area contributed by atoms with Crippen molar-refractivity contribution >= 4 is 11.5 Å². The van der Waals surface area contributed by atoms with Crippen molar-refractivity contribution in [2.24, 2.45) is 0 Å². The molecule has 5 nitrogen and oxygen atoms in total. The van der Waals surface area contributed by atoms with E-state index in [-0.39, 0.29) is 6.61 Å². The maximum atomic E-state index is 9.89. The summed E-state index contributed by atoms with van der Waals surface area (Å²) in [6.45, 7) is 6.70. The van der Waals surface area contributed by atoms with Crippen LogP contribution in [0.1, 0.15) is 31.5 Å². The minimum absolute atomic E-state index is 0.0349. The molecule has 1 heterocycles. The fraction of sp³-hybridized carbons (Fsp3) is 0.438. The van der Waals surface area contributed by atoms with Crippen molar-refractivity contribution in [3.63, 3.8) is 0 Å². The smallest absolute Gasteiger partial charge is 0.148 e. The van der Waals surface area contributed by atoms with Crippen molar-refractivity contribution in [1.82, 2.24) is 9.78 Å². The fourth-order valence-electron chi connectivity index (χ4n) is 2.37. The van der Waals surface area contributed by atoms with E-state index in [1.54, 1.807) is 0 Å². The molecule has 5 heteroatoms. The Bertz CT molecular complexity index is 594. The summed E-state index contributed by atoms with van der Waals surface area (Å²) in [7, 11) is 0. The minimum atomic E-state index is -0.604. The monoisotopic (exact) mass is 288 g/mol. The lowest BCUT2D eigenvalue weighted by atomic mass is 9.93. The van der Waals surface area contributed by atoms with E-state index in [1.807, 2.05) is 48.9 Å². The highest BCUT2D eigenvalue weighted by Gasteiger charge is 2.28. The summed E-state index contributed by atoms with van der Waals surface area (Å²) in [5.41, 5.74) is 7.99. The van der Waals surface area contributed by atoms with Crippen molar-refractivity contribution in [3.8, 4) is 0 Å². The molecule has 0 aliphatic heterocycles. The SMILES string of the molecule is CCCn1nc(C)c(N)c1NC(C)(CO)c1ccccc1. The zero-order valence-electron chi connectivity index (χ0n) is 12.9. The molecule has 0 aliphatic rings. The zero-order valence-corrected chi connectivity index (χ0v) is 12.9. The molecule has 0 fully saturated rings. The molecule has 2 aromatic rings. The molecular formula is C16H24N4O. The lowest BCUT2D eigenvalue weighted by Crippen LogP contribution is -2.37. The van der Waals surface area contributed by atoms with Gasteiger partial charge in [0.05, 0.1) is 23.5 Å². The summed E-state index contributed by atoms with van der Waals surface area (Å²) >= 11 is 0. The van der Waals surface area contributed by atoms with Crippen molar-refractivity contribution in [2.45, 2.75) is 39.3 Å². The number of nitrogens with one attached hydrogen (secondary N) is 1. The van der Waals surface area contributed by atoms with Crippen LogP contribution in [0.2, 0.25) is 0 Å². The number of aromatic nitrogens is 2. The first kappa shape index (κ1) is 15.4. The van der Waals surface area contributed by atoms with Gasteiger partial charge < -0.3 is 16.2 Å². The third kappa shape index (κ3) is 3.03. The van der Waals surface area contributed by atoms with E-state index < -0.39 is 5.54 Å². The largest absolute Gasteiger partial charge is 0.394 e. The second kappa shape index (κ2) is 6.18. The molecule has 0 aliphatic carbocycles. The van der Waals surface area contributed by atoms with Crippen LogP contribution < -0.4 is 11.1 Å². The average molecular weight is 288 g/mol. The molecule has 0 radical (unpaired) electrons. The van der Waals surface area contributed by atoms with Gasteiger partial charge in [-0.05, 0) is 25.8 Å². The van der Waals surface area contributed by atoms with Crippen molar-refractivity contribution in [1.29, 1.82) is 0 Å². The molecular weight excluding hydrogens is 264 g/mol. The van der Waals surface area contributed by atoms with Crippen LogP contribution in [-0.4, -0.2) is 21.5 Å². The second-order valence-corrected chi connectivity index (χ2v) is 5.55. The summed E-state index contributed by atoms with van der Waals surface area (Å²) in [5, 5.41) is 17.7. The van der Waals surface area contributed by atoms with Gasteiger partial charge in [0.15, 0.2) is 0 Å². The van der Waals surface area contributed by atoms with Gasteiger partial charge in [0.1, 0.15) is 5.82 Å². The van der Waals surface area contributed by atoms with Gasteiger partial charge in [0, 0.05) is 6.54 Å². The molecule has 1 aromatic heterocycles. The maximum Gasteiger partial charge on any atom is 0.148 e. The van der Waals surface area contributed by atoms with Gasteiger partial charge in [-0.2, -0.15) is 5.10 Å². The van der Waals surface area contributed by atoms with Crippen LogP contribution >= 0.6 is 0 Å². The molecule has 4 N–H and O–H groups in total. The number of nitrogen functional groups attached to an aromatic ring is 1. The second-order valence-electron chi connectivity index (χ2n) is 5.55. The van der Waals surface area contributed by atoms with Gasteiger partial charge in [0.2, 0.25) is 0 Å². The van der Waals surface area contributed by atoms with E-state index >= 15 is 0 Å². The highest BCUT2D eigenvalue weighted by Crippen LogP contribution is 2.30. The Balaban J connectivity index is 2.39.